The largest absolute Gasteiger partial charge is 0.491 e. The minimum absolute atomic E-state index is 0.0891. The molecule has 2 fully saturated rings. The van der Waals surface area contributed by atoms with E-state index in [9.17, 15) is 9.59 Å². The van der Waals surface area contributed by atoms with Gasteiger partial charge in [-0.2, -0.15) is 0 Å². The lowest BCUT2D eigenvalue weighted by Crippen LogP contribution is -2.44. The third-order valence-corrected chi connectivity index (χ3v) is 9.05. The summed E-state index contributed by atoms with van der Waals surface area (Å²) in [4.78, 5) is 32.2. The molecule has 7 rings (SSSR count). The highest BCUT2D eigenvalue weighted by molar-refractivity contribution is 6.01. The molecule has 1 aliphatic carbocycles. The fourth-order valence-electron chi connectivity index (χ4n) is 6.37. The molecule has 214 valence electrons. The van der Waals surface area contributed by atoms with Crippen LogP contribution in [-0.2, 0) is 24.8 Å². The van der Waals surface area contributed by atoms with Crippen LogP contribution in [0.1, 0.15) is 42.1 Å². The summed E-state index contributed by atoms with van der Waals surface area (Å²) in [5.74, 6) is 2.77. The van der Waals surface area contributed by atoms with E-state index in [1.165, 1.54) is 12.8 Å². The van der Waals surface area contributed by atoms with Crippen LogP contribution >= 0.6 is 0 Å². The quantitative estimate of drug-likeness (QED) is 0.329. The Bertz CT molecular complexity index is 1670. The van der Waals surface area contributed by atoms with E-state index in [2.05, 4.69) is 51.9 Å². The Labute approximate surface area is 239 Å². The predicted molar refractivity (Wildman–Crippen MR) is 159 cm³/mol. The van der Waals surface area contributed by atoms with Crippen LogP contribution in [0.15, 0.2) is 36.4 Å². The number of hydrogen-bond donors (Lipinski definition) is 2. The number of benzene rings is 2. The standard InChI is InChI=1S/C32H38N6O3/c1-19(33-2)16-37-10-9-22-12-26-25(14-24(22)32(37)40)35-31(36(26)3)27-13-23-5-4-6-28(30(23)38(27)17-20-7-8-20)41-18-21-11-29(39)34-15-21/h4-6,12-14,19-21,33H,7-11,15-18H2,1-3H3,(H,34,39). The van der Waals surface area contributed by atoms with Crippen LogP contribution in [0.5, 0.6) is 5.75 Å². The van der Waals surface area contributed by atoms with Crippen LogP contribution < -0.4 is 15.4 Å². The SMILES string of the molecule is CNC(C)CN1CCc2cc3c(cc2C1=O)nc(-c1cc2cccc(OCC4CNC(=O)C4)c2n1CC1CC1)n3C. The molecule has 2 N–H and O–H groups in total. The van der Waals surface area contributed by atoms with Crippen molar-refractivity contribution in [2.75, 3.05) is 33.3 Å². The first kappa shape index (κ1) is 26.1. The minimum atomic E-state index is 0.0891. The van der Waals surface area contributed by atoms with Crippen molar-refractivity contribution in [3.8, 4) is 17.3 Å². The fraction of sp³-hybridized carbons (Fsp3) is 0.469. The molecular formula is C32H38N6O3. The second-order valence-corrected chi connectivity index (χ2v) is 12.1. The zero-order valence-corrected chi connectivity index (χ0v) is 24.1. The molecule has 41 heavy (non-hydrogen) atoms. The van der Waals surface area contributed by atoms with Crippen LogP contribution in [0.2, 0.25) is 0 Å². The molecular weight excluding hydrogens is 516 g/mol. The number of fused-ring (bicyclic) bond motifs is 3. The number of imidazole rings is 1. The maximum absolute atomic E-state index is 13.4. The van der Waals surface area contributed by atoms with Gasteiger partial charge >= 0.3 is 0 Å². The second kappa shape index (κ2) is 10.2. The molecule has 9 heteroatoms. The number of likely N-dealkylation sites (N-methyl/N-ethyl adjacent to an activating group) is 1. The molecule has 4 heterocycles. The molecule has 1 saturated heterocycles. The topological polar surface area (TPSA) is 93.4 Å². The van der Waals surface area contributed by atoms with Crippen LogP contribution in [0, 0.1) is 11.8 Å². The third kappa shape index (κ3) is 4.76. The number of carbonyl (C=O) groups is 2. The van der Waals surface area contributed by atoms with Gasteiger partial charge in [-0.05, 0) is 69.0 Å². The molecule has 9 nitrogen and oxygen atoms in total. The monoisotopic (exact) mass is 554 g/mol. The first-order valence-corrected chi connectivity index (χ1v) is 14.9. The van der Waals surface area contributed by atoms with E-state index in [1.54, 1.807) is 0 Å². The molecule has 3 aliphatic rings. The van der Waals surface area contributed by atoms with Crippen LogP contribution in [0.4, 0.5) is 0 Å². The smallest absolute Gasteiger partial charge is 0.254 e. The number of para-hydroxylation sites is 1. The zero-order valence-electron chi connectivity index (χ0n) is 24.1. The van der Waals surface area contributed by atoms with E-state index in [4.69, 9.17) is 9.72 Å². The number of nitrogens with zero attached hydrogens (tertiary/aromatic N) is 4. The van der Waals surface area contributed by atoms with Crippen LogP contribution in [0.3, 0.4) is 0 Å². The fourth-order valence-corrected chi connectivity index (χ4v) is 6.37. The lowest BCUT2D eigenvalue weighted by molar-refractivity contribution is -0.119. The zero-order chi connectivity index (χ0) is 28.2. The molecule has 4 aromatic rings. The lowest BCUT2D eigenvalue weighted by atomic mass is 9.97. The van der Waals surface area contributed by atoms with Gasteiger partial charge in [-0.25, -0.2) is 4.98 Å². The highest BCUT2D eigenvalue weighted by atomic mass is 16.5. The molecule has 0 spiro atoms. The summed E-state index contributed by atoms with van der Waals surface area (Å²) in [5.41, 5.74) is 5.90. The van der Waals surface area contributed by atoms with E-state index in [1.807, 2.05) is 30.1 Å². The Kier molecular flexibility index (Phi) is 6.49. The van der Waals surface area contributed by atoms with Gasteiger partial charge in [0.25, 0.3) is 5.91 Å². The first-order chi connectivity index (χ1) is 19.9. The van der Waals surface area contributed by atoms with Gasteiger partial charge in [0, 0.05) is 62.6 Å². The number of aryl methyl sites for hydroxylation is 1. The maximum Gasteiger partial charge on any atom is 0.254 e. The van der Waals surface area contributed by atoms with Crippen molar-refractivity contribution in [3.63, 3.8) is 0 Å². The second-order valence-electron chi connectivity index (χ2n) is 12.1. The number of nitrogens with one attached hydrogen (secondary N) is 2. The van der Waals surface area contributed by atoms with Gasteiger partial charge in [0.2, 0.25) is 5.91 Å². The lowest BCUT2D eigenvalue weighted by Gasteiger charge is -2.30. The van der Waals surface area contributed by atoms with E-state index in [0.29, 0.717) is 32.0 Å². The molecule has 2 aliphatic heterocycles. The van der Waals surface area contributed by atoms with Gasteiger partial charge in [0.05, 0.1) is 28.9 Å². The van der Waals surface area contributed by atoms with Crippen molar-refractivity contribution in [3.05, 3.63) is 47.5 Å². The number of hydrogen-bond acceptors (Lipinski definition) is 5. The van der Waals surface area contributed by atoms with Crippen molar-refractivity contribution >= 4 is 33.8 Å². The Morgan fingerprint density at radius 3 is 2.78 bits per heavy atom. The van der Waals surface area contributed by atoms with Crippen LogP contribution in [-0.4, -0.2) is 70.2 Å². The average Bonchev–Trinajstić information content (AvgIpc) is 3.45. The summed E-state index contributed by atoms with van der Waals surface area (Å²) >= 11 is 0. The molecule has 0 bridgehead atoms. The van der Waals surface area contributed by atoms with E-state index < -0.39 is 0 Å². The van der Waals surface area contributed by atoms with Gasteiger partial charge in [-0.1, -0.05) is 12.1 Å². The Morgan fingerprint density at radius 1 is 1.17 bits per heavy atom. The Hall–Kier alpha value is -3.85. The van der Waals surface area contributed by atoms with E-state index in [0.717, 1.165) is 69.8 Å². The van der Waals surface area contributed by atoms with E-state index in [-0.39, 0.29) is 23.8 Å². The third-order valence-electron chi connectivity index (χ3n) is 9.05. The molecule has 2 unspecified atom stereocenters. The minimum Gasteiger partial charge on any atom is -0.491 e. The highest BCUT2D eigenvalue weighted by Gasteiger charge is 2.29. The van der Waals surface area contributed by atoms with Crippen molar-refractivity contribution in [2.45, 2.75) is 45.2 Å². The number of ether oxygens (including phenoxy) is 1. The van der Waals surface area contributed by atoms with Gasteiger partial charge in [0.15, 0.2) is 5.82 Å². The summed E-state index contributed by atoms with van der Waals surface area (Å²) in [6, 6.07) is 12.8. The summed E-state index contributed by atoms with van der Waals surface area (Å²) < 4.78 is 10.9. The van der Waals surface area contributed by atoms with Gasteiger partial charge in [-0.3, -0.25) is 9.59 Å². The molecule has 2 aromatic carbocycles. The van der Waals surface area contributed by atoms with Gasteiger partial charge in [-0.15, -0.1) is 0 Å². The predicted octanol–water partition coefficient (Wildman–Crippen LogP) is 3.73. The van der Waals surface area contributed by atoms with Crippen LogP contribution in [0.25, 0.3) is 33.5 Å². The molecule has 1 saturated carbocycles. The number of rotatable bonds is 9. The Balaban J connectivity index is 1.28. The summed E-state index contributed by atoms with van der Waals surface area (Å²) in [6.45, 7) is 5.62. The first-order valence-electron chi connectivity index (χ1n) is 14.9. The average molecular weight is 555 g/mol. The van der Waals surface area contributed by atoms with Crippen molar-refractivity contribution in [2.24, 2.45) is 18.9 Å². The van der Waals surface area contributed by atoms with Crippen molar-refractivity contribution in [1.29, 1.82) is 0 Å². The summed E-state index contributed by atoms with van der Waals surface area (Å²) in [5, 5.41) is 7.27. The normalized spacial score (nSPS) is 19.7. The van der Waals surface area contributed by atoms with E-state index >= 15 is 0 Å². The van der Waals surface area contributed by atoms with Gasteiger partial charge in [0.1, 0.15) is 5.75 Å². The molecule has 0 radical (unpaired) electrons. The van der Waals surface area contributed by atoms with Crippen molar-refractivity contribution in [1.82, 2.24) is 29.7 Å². The van der Waals surface area contributed by atoms with Crippen molar-refractivity contribution < 1.29 is 14.3 Å². The molecule has 2 amide bonds. The maximum atomic E-state index is 13.4. The summed E-state index contributed by atoms with van der Waals surface area (Å²) in [7, 11) is 4.00. The number of amides is 2. The highest BCUT2D eigenvalue weighted by Crippen LogP contribution is 2.39. The van der Waals surface area contributed by atoms with Gasteiger partial charge < -0.3 is 29.4 Å². The molecule has 2 atom stereocenters. The number of aromatic nitrogens is 3. The number of carbonyl (C=O) groups excluding carboxylic acids is 2. The summed E-state index contributed by atoms with van der Waals surface area (Å²) in [6.07, 6.45) is 3.83. The molecule has 2 aromatic heterocycles. The Morgan fingerprint density at radius 2 is 2.02 bits per heavy atom.